The van der Waals surface area contributed by atoms with Gasteiger partial charge in [0.25, 0.3) is 0 Å². The zero-order valence-corrected chi connectivity index (χ0v) is 35.8. The van der Waals surface area contributed by atoms with E-state index in [0.29, 0.717) is 35.8 Å². The third-order valence-corrected chi connectivity index (χ3v) is 18.0. The summed E-state index contributed by atoms with van der Waals surface area (Å²) < 4.78 is 0. The summed E-state index contributed by atoms with van der Waals surface area (Å²) in [5.41, 5.74) is 15.9. The van der Waals surface area contributed by atoms with Gasteiger partial charge in [-0.15, -0.1) is 0 Å². The number of aliphatic hydroxyl groups excluding tert-OH is 1. The Balaban J connectivity index is 0.959. The number of pyridine rings is 2. The van der Waals surface area contributed by atoms with E-state index in [1.807, 2.05) is 0 Å². The fourth-order valence-electron chi connectivity index (χ4n) is 15.2. The molecular weight excluding hydrogens is 715 g/mol. The predicted molar refractivity (Wildman–Crippen MR) is 236 cm³/mol. The Morgan fingerprint density at radius 3 is 2.00 bits per heavy atom. The van der Waals surface area contributed by atoms with Crippen LogP contribution in [0.4, 0.5) is 22.7 Å². The van der Waals surface area contributed by atoms with E-state index in [-0.39, 0.29) is 6.10 Å². The molecule has 0 spiro atoms. The number of hydrogen-bond acceptors (Lipinski definition) is 8. The Hall–Kier alpha value is -2.58. The van der Waals surface area contributed by atoms with Crippen LogP contribution in [0.1, 0.15) is 180 Å². The van der Waals surface area contributed by atoms with Crippen LogP contribution in [0.15, 0.2) is 0 Å². The van der Waals surface area contributed by atoms with Gasteiger partial charge in [0.2, 0.25) is 0 Å². The van der Waals surface area contributed by atoms with E-state index < -0.39 is 0 Å². The zero-order valence-electron chi connectivity index (χ0n) is 35.8. The molecule has 314 valence electrons. The quantitative estimate of drug-likeness (QED) is 0.299. The molecule has 58 heavy (non-hydrogen) atoms. The molecule has 10 aliphatic rings. The predicted octanol–water partition coefficient (Wildman–Crippen LogP) is 8.85. The van der Waals surface area contributed by atoms with Crippen LogP contribution in [0.5, 0.6) is 0 Å². The molecule has 1 N–H and O–H groups in total. The van der Waals surface area contributed by atoms with Crippen LogP contribution in [-0.2, 0) is 19.3 Å². The molecule has 12 rings (SSSR count). The number of fused-ring (bicyclic) bond motifs is 10. The molecule has 6 unspecified atom stereocenters. The second kappa shape index (κ2) is 15.4. The van der Waals surface area contributed by atoms with Crippen molar-refractivity contribution in [2.75, 3.05) is 78.5 Å². The Morgan fingerprint density at radius 1 is 0.483 bits per heavy atom. The van der Waals surface area contributed by atoms with Crippen LogP contribution in [0, 0.1) is 11.8 Å². The Bertz CT molecular complexity index is 1850. The normalized spacial score (nSPS) is 34.2. The Kier molecular flexibility index (Phi) is 9.88. The number of hydrogen-bond donors (Lipinski definition) is 1. The summed E-state index contributed by atoms with van der Waals surface area (Å²) in [7, 11) is 0. The van der Waals surface area contributed by atoms with Crippen molar-refractivity contribution < 1.29 is 5.11 Å². The lowest BCUT2D eigenvalue weighted by Crippen LogP contribution is -2.43. The van der Waals surface area contributed by atoms with Gasteiger partial charge in [0.1, 0.15) is 0 Å². The molecule has 0 radical (unpaired) electrons. The van der Waals surface area contributed by atoms with Gasteiger partial charge in [-0.25, -0.2) is 0 Å². The molecule has 3 saturated carbocycles. The summed E-state index contributed by atoms with van der Waals surface area (Å²) in [6.07, 6.45) is 29.3. The van der Waals surface area contributed by atoms with Gasteiger partial charge >= 0.3 is 0 Å². The molecule has 8 heteroatoms. The van der Waals surface area contributed by atoms with Crippen molar-refractivity contribution in [1.82, 2.24) is 14.9 Å². The molecule has 2 aromatic rings. The van der Waals surface area contributed by atoms with E-state index in [2.05, 4.69) is 24.5 Å². The fraction of sp³-hybridized carbons (Fsp3) is 0.800. The highest BCUT2D eigenvalue weighted by Gasteiger charge is 2.50. The summed E-state index contributed by atoms with van der Waals surface area (Å²) in [5, 5.41) is 10.3. The van der Waals surface area contributed by atoms with Crippen LogP contribution < -0.4 is 19.6 Å². The van der Waals surface area contributed by atoms with E-state index in [1.54, 1.807) is 39.6 Å². The first-order valence-corrected chi connectivity index (χ1v) is 25.2. The minimum absolute atomic E-state index is 0.0653. The van der Waals surface area contributed by atoms with Gasteiger partial charge in [-0.2, -0.15) is 0 Å². The molecule has 2 aromatic heterocycles. The maximum Gasteiger partial charge on any atom is 0.0832 e. The topological polar surface area (TPSA) is 62.2 Å². The van der Waals surface area contributed by atoms with Crippen LogP contribution in [0.25, 0.3) is 0 Å². The summed E-state index contributed by atoms with van der Waals surface area (Å²) >= 11 is 0. The first-order valence-electron chi connectivity index (χ1n) is 25.2. The molecular formula is C50H73N7O. The van der Waals surface area contributed by atoms with E-state index in [9.17, 15) is 5.11 Å². The van der Waals surface area contributed by atoms with Crippen molar-refractivity contribution in [3.8, 4) is 0 Å². The van der Waals surface area contributed by atoms with E-state index in [4.69, 9.17) is 9.97 Å². The summed E-state index contributed by atoms with van der Waals surface area (Å²) in [5.74, 6) is 3.09. The Labute approximate surface area is 349 Å². The minimum atomic E-state index is -0.0653. The maximum absolute atomic E-state index is 10.3. The van der Waals surface area contributed by atoms with E-state index >= 15 is 0 Å². The molecule has 6 atom stereocenters. The van der Waals surface area contributed by atoms with Gasteiger partial charge < -0.3 is 29.6 Å². The number of nitrogens with zero attached hydrogens (tertiary/aromatic N) is 7. The molecule has 8 nitrogen and oxygen atoms in total. The number of aromatic nitrogens is 2. The largest absolute Gasteiger partial charge is 0.393 e. The molecule has 0 bridgehead atoms. The zero-order chi connectivity index (χ0) is 38.3. The first-order chi connectivity index (χ1) is 28.7. The third kappa shape index (κ3) is 6.24. The highest BCUT2D eigenvalue weighted by Crippen LogP contribution is 2.58. The van der Waals surface area contributed by atoms with Crippen molar-refractivity contribution in [3.05, 3.63) is 33.9 Å². The monoisotopic (exact) mass is 788 g/mol. The van der Waals surface area contributed by atoms with Crippen molar-refractivity contribution in [3.63, 3.8) is 0 Å². The number of aliphatic hydroxyl groups is 1. The van der Waals surface area contributed by atoms with Crippen LogP contribution >= 0.6 is 0 Å². The van der Waals surface area contributed by atoms with Crippen LogP contribution in [0.3, 0.4) is 0 Å². The average Bonchev–Trinajstić information content (AvgIpc) is 3.90. The number of rotatable bonds is 7. The maximum atomic E-state index is 10.3. The second-order valence-electron chi connectivity index (χ2n) is 21.2. The van der Waals surface area contributed by atoms with Crippen molar-refractivity contribution >= 4 is 22.7 Å². The summed E-state index contributed by atoms with van der Waals surface area (Å²) in [4.78, 5) is 26.5. The minimum Gasteiger partial charge on any atom is -0.393 e. The highest BCUT2D eigenvalue weighted by molar-refractivity contribution is 5.84. The average molecular weight is 788 g/mol. The number of anilines is 4. The SMILES string of the molecule is OC1CCC(CCN2CCCN3c4c(nc5c(c42)CCCC5C2CN(CCN4CCCC4)c4c5c(nc6c4N(C2)C2CCCCC62)CCCC5)C2CCCCC23)CC1. The standard InChI is InChI=1S/C50H73N7O/c58-35-21-19-33(20-22-35)23-28-54-26-10-27-56-42-17-5-2-12-38(42)46-49(56)48(54)40-15-9-14-36(44(40)52-46)34-31-55(30-29-53-24-7-8-25-53)47-37-11-1-4-16-41(37)51-45-39-13-3-6-18-43(39)57(32-34)50(45)47/h33-36,38-39,42-43,58H,1-32H2. The van der Waals surface area contributed by atoms with Crippen LogP contribution in [-0.4, -0.2) is 97.1 Å². The molecule has 5 aliphatic heterocycles. The first kappa shape index (κ1) is 37.2. The van der Waals surface area contributed by atoms with Gasteiger partial charge in [-0.1, -0.05) is 25.7 Å². The third-order valence-electron chi connectivity index (χ3n) is 18.0. The summed E-state index contributed by atoms with van der Waals surface area (Å²) in [6.45, 7) is 10.9. The van der Waals surface area contributed by atoms with Crippen molar-refractivity contribution in [2.24, 2.45) is 11.8 Å². The highest BCUT2D eigenvalue weighted by atomic mass is 16.3. The van der Waals surface area contributed by atoms with Gasteiger partial charge in [0.05, 0.1) is 40.2 Å². The smallest absolute Gasteiger partial charge is 0.0832 e. The molecule has 0 aromatic carbocycles. The number of aryl methyl sites for hydroxylation is 1. The molecule has 5 aliphatic carbocycles. The summed E-state index contributed by atoms with van der Waals surface area (Å²) in [6, 6.07) is 1.30. The van der Waals surface area contributed by atoms with Gasteiger partial charge in [-0.3, -0.25) is 9.97 Å². The van der Waals surface area contributed by atoms with E-state index in [1.165, 1.54) is 204 Å². The number of likely N-dealkylation sites (tertiary alicyclic amines) is 1. The van der Waals surface area contributed by atoms with E-state index in [0.717, 1.165) is 25.3 Å². The lowest BCUT2D eigenvalue weighted by atomic mass is 9.76. The van der Waals surface area contributed by atoms with Gasteiger partial charge in [0, 0.05) is 93.0 Å². The van der Waals surface area contributed by atoms with Crippen molar-refractivity contribution in [2.45, 2.75) is 184 Å². The second-order valence-corrected chi connectivity index (χ2v) is 21.2. The molecule has 4 fully saturated rings. The molecule has 1 saturated heterocycles. The van der Waals surface area contributed by atoms with Crippen molar-refractivity contribution in [1.29, 1.82) is 0 Å². The Morgan fingerprint density at radius 2 is 1.17 bits per heavy atom. The fourth-order valence-corrected chi connectivity index (χ4v) is 15.2. The van der Waals surface area contributed by atoms with Crippen LogP contribution in [0.2, 0.25) is 0 Å². The lowest BCUT2D eigenvalue weighted by Gasteiger charge is -2.40. The van der Waals surface area contributed by atoms with Gasteiger partial charge in [-0.05, 0) is 152 Å². The lowest BCUT2D eigenvalue weighted by molar-refractivity contribution is 0.107. The molecule has 0 amide bonds. The van der Waals surface area contributed by atoms with Gasteiger partial charge in [0.15, 0.2) is 0 Å². The molecule has 7 heterocycles.